The van der Waals surface area contributed by atoms with Gasteiger partial charge in [-0.25, -0.2) is 0 Å². The summed E-state index contributed by atoms with van der Waals surface area (Å²) in [7, 11) is 0. The van der Waals surface area contributed by atoms with Gasteiger partial charge in [0.2, 0.25) is 5.91 Å². The van der Waals surface area contributed by atoms with Crippen LogP contribution in [0.1, 0.15) is 19.3 Å². The first-order valence-electron chi connectivity index (χ1n) is 5.82. The Labute approximate surface area is 100 Å². The Morgan fingerprint density at radius 3 is 3.06 bits per heavy atom. The Morgan fingerprint density at radius 2 is 2.38 bits per heavy atom. The summed E-state index contributed by atoms with van der Waals surface area (Å²) < 4.78 is 0. The highest BCUT2D eigenvalue weighted by Gasteiger charge is 2.30. The predicted molar refractivity (Wildman–Crippen MR) is 64.0 cm³/mol. The largest absolute Gasteiger partial charge is 0.351 e. The fourth-order valence-electron chi connectivity index (χ4n) is 2.30. The lowest BCUT2D eigenvalue weighted by atomic mass is 10.1. The highest BCUT2D eigenvalue weighted by atomic mass is 32.2. The van der Waals surface area contributed by atoms with Crippen molar-refractivity contribution < 1.29 is 4.79 Å². The lowest BCUT2D eigenvalue weighted by molar-refractivity contribution is -0.123. The molecule has 1 heterocycles. The molecule has 2 N–H and O–H groups in total. The fraction of sp³-hybridized carbons (Fsp3) is 0.818. The van der Waals surface area contributed by atoms with Crippen molar-refractivity contribution in [2.24, 2.45) is 5.92 Å². The number of carbonyl (C=O) groups excluding carboxylic acids is 1. The number of hydrogen-bond acceptors (Lipinski definition) is 4. The van der Waals surface area contributed by atoms with Gasteiger partial charge in [-0.2, -0.15) is 17.0 Å². The highest BCUT2D eigenvalue weighted by molar-refractivity contribution is 7.99. The van der Waals surface area contributed by atoms with Crippen LogP contribution in [0, 0.1) is 17.2 Å². The fourth-order valence-corrected chi connectivity index (χ4v) is 3.24. The maximum atomic E-state index is 11.9. The van der Waals surface area contributed by atoms with Crippen LogP contribution in [-0.4, -0.2) is 36.0 Å². The third-order valence-corrected chi connectivity index (χ3v) is 4.31. The van der Waals surface area contributed by atoms with Crippen LogP contribution in [0.2, 0.25) is 0 Å². The Balaban J connectivity index is 1.84. The number of rotatable bonds is 2. The molecular formula is C11H17N3OS. The van der Waals surface area contributed by atoms with Gasteiger partial charge in [0.1, 0.15) is 0 Å². The van der Waals surface area contributed by atoms with Crippen molar-refractivity contribution in [3.8, 4) is 6.07 Å². The second kappa shape index (κ2) is 5.55. The van der Waals surface area contributed by atoms with Crippen LogP contribution in [-0.2, 0) is 4.79 Å². The van der Waals surface area contributed by atoms with Crippen LogP contribution in [0.15, 0.2) is 0 Å². The number of hydrogen-bond donors (Lipinski definition) is 2. The van der Waals surface area contributed by atoms with Gasteiger partial charge in [0, 0.05) is 24.1 Å². The molecule has 0 radical (unpaired) electrons. The summed E-state index contributed by atoms with van der Waals surface area (Å²) in [6.45, 7) is 0.898. The molecule has 16 heavy (non-hydrogen) atoms. The minimum Gasteiger partial charge on any atom is -0.351 e. The van der Waals surface area contributed by atoms with Gasteiger partial charge in [0.15, 0.2) is 0 Å². The van der Waals surface area contributed by atoms with E-state index in [0.717, 1.165) is 37.3 Å². The molecule has 1 aliphatic heterocycles. The first-order chi connectivity index (χ1) is 7.81. The number of nitrogens with zero attached hydrogens (tertiary/aromatic N) is 1. The maximum Gasteiger partial charge on any atom is 0.238 e. The summed E-state index contributed by atoms with van der Waals surface area (Å²) in [6.07, 6.45) is 2.92. The summed E-state index contributed by atoms with van der Waals surface area (Å²) in [5, 5.41) is 15.2. The zero-order valence-corrected chi connectivity index (χ0v) is 10.1. The van der Waals surface area contributed by atoms with E-state index in [0.29, 0.717) is 0 Å². The molecule has 3 atom stereocenters. The zero-order valence-electron chi connectivity index (χ0n) is 9.24. The van der Waals surface area contributed by atoms with Crippen LogP contribution in [0.25, 0.3) is 0 Å². The van der Waals surface area contributed by atoms with Gasteiger partial charge >= 0.3 is 0 Å². The molecule has 88 valence electrons. The average Bonchev–Trinajstić information content (AvgIpc) is 2.77. The minimum atomic E-state index is -0.0707. The number of thioether (sulfide) groups is 1. The summed E-state index contributed by atoms with van der Waals surface area (Å²) in [5.74, 6) is 2.00. The molecule has 0 aromatic heterocycles. The SMILES string of the molecule is N#CC1CCCC1NC(=O)C1CSCCN1. The molecule has 0 aromatic carbocycles. The van der Waals surface area contributed by atoms with Crippen molar-refractivity contribution in [3.05, 3.63) is 0 Å². The van der Waals surface area contributed by atoms with Crippen molar-refractivity contribution in [2.75, 3.05) is 18.1 Å². The molecule has 2 aliphatic rings. The Morgan fingerprint density at radius 1 is 1.50 bits per heavy atom. The van der Waals surface area contributed by atoms with Crippen LogP contribution in [0.4, 0.5) is 0 Å². The standard InChI is InChI=1S/C11H17N3OS/c12-6-8-2-1-3-9(8)14-11(15)10-7-16-5-4-13-10/h8-10,13H,1-5,7H2,(H,14,15). The molecule has 1 aliphatic carbocycles. The normalized spacial score (nSPS) is 34.3. The molecule has 2 rings (SSSR count). The summed E-state index contributed by atoms with van der Waals surface area (Å²) in [4.78, 5) is 11.9. The Hall–Kier alpha value is -0.730. The first-order valence-corrected chi connectivity index (χ1v) is 6.98. The third-order valence-electron chi connectivity index (χ3n) is 3.25. The van der Waals surface area contributed by atoms with Gasteiger partial charge < -0.3 is 10.6 Å². The van der Waals surface area contributed by atoms with Crippen molar-refractivity contribution in [1.82, 2.24) is 10.6 Å². The topological polar surface area (TPSA) is 64.9 Å². The van der Waals surface area contributed by atoms with E-state index < -0.39 is 0 Å². The van der Waals surface area contributed by atoms with E-state index in [1.807, 2.05) is 11.8 Å². The van der Waals surface area contributed by atoms with Crippen molar-refractivity contribution in [2.45, 2.75) is 31.3 Å². The second-order valence-corrected chi connectivity index (χ2v) is 5.51. The minimum absolute atomic E-state index is 0.0141. The van der Waals surface area contributed by atoms with Gasteiger partial charge in [0.25, 0.3) is 0 Å². The van der Waals surface area contributed by atoms with E-state index in [2.05, 4.69) is 16.7 Å². The summed E-state index contributed by atoms with van der Waals surface area (Å²) in [5.41, 5.74) is 0. The number of carbonyl (C=O) groups is 1. The van der Waals surface area contributed by atoms with E-state index in [9.17, 15) is 4.79 Å². The predicted octanol–water partition coefficient (Wildman–Crippen LogP) is 0.500. The maximum absolute atomic E-state index is 11.9. The number of nitriles is 1. The highest BCUT2D eigenvalue weighted by Crippen LogP contribution is 2.25. The first kappa shape index (κ1) is 11.7. The monoisotopic (exact) mass is 239 g/mol. The van der Waals surface area contributed by atoms with Gasteiger partial charge in [-0.3, -0.25) is 4.79 Å². The molecule has 2 fully saturated rings. The van der Waals surface area contributed by atoms with Crippen LogP contribution < -0.4 is 10.6 Å². The van der Waals surface area contributed by atoms with Gasteiger partial charge in [-0.05, 0) is 19.3 Å². The molecule has 0 bridgehead atoms. The average molecular weight is 239 g/mol. The number of nitrogens with one attached hydrogen (secondary N) is 2. The molecule has 5 heteroatoms. The molecule has 4 nitrogen and oxygen atoms in total. The third kappa shape index (κ3) is 2.69. The van der Waals surface area contributed by atoms with E-state index in [1.54, 1.807) is 0 Å². The molecule has 1 saturated heterocycles. The molecular weight excluding hydrogens is 222 g/mol. The van der Waals surface area contributed by atoms with Gasteiger partial charge in [-0.15, -0.1) is 0 Å². The summed E-state index contributed by atoms with van der Waals surface area (Å²) in [6, 6.07) is 2.29. The lowest BCUT2D eigenvalue weighted by Crippen LogP contribution is -2.52. The van der Waals surface area contributed by atoms with E-state index >= 15 is 0 Å². The Bertz CT molecular complexity index is 296. The molecule has 3 unspecified atom stereocenters. The van der Waals surface area contributed by atoms with E-state index in [4.69, 9.17) is 5.26 Å². The molecule has 1 saturated carbocycles. The smallest absolute Gasteiger partial charge is 0.238 e. The molecule has 0 spiro atoms. The van der Waals surface area contributed by atoms with Crippen LogP contribution >= 0.6 is 11.8 Å². The Kier molecular flexibility index (Phi) is 4.08. The van der Waals surface area contributed by atoms with Crippen molar-refractivity contribution in [1.29, 1.82) is 5.26 Å². The quantitative estimate of drug-likeness (QED) is 0.736. The summed E-state index contributed by atoms with van der Waals surface area (Å²) >= 11 is 1.81. The molecule has 1 amide bonds. The second-order valence-electron chi connectivity index (χ2n) is 4.36. The van der Waals surface area contributed by atoms with Crippen molar-refractivity contribution >= 4 is 17.7 Å². The van der Waals surface area contributed by atoms with Gasteiger partial charge in [-0.1, -0.05) is 0 Å². The van der Waals surface area contributed by atoms with Gasteiger partial charge in [0.05, 0.1) is 18.0 Å². The van der Waals surface area contributed by atoms with E-state index in [1.165, 1.54) is 0 Å². The lowest BCUT2D eigenvalue weighted by Gasteiger charge is -2.25. The van der Waals surface area contributed by atoms with Crippen molar-refractivity contribution in [3.63, 3.8) is 0 Å². The van der Waals surface area contributed by atoms with Crippen LogP contribution in [0.5, 0.6) is 0 Å². The molecule has 0 aromatic rings. The van der Waals surface area contributed by atoms with E-state index in [-0.39, 0.29) is 23.9 Å². The zero-order chi connectivity index (χ0) is 11.4. The van der Waals surface area contributed by atoms with Crippen LogP contribution in [0.3, 0.4) is 0 Å². The number of amides is 1.